The number of nitrogens with zero attached hydrogens (tertiary/aromatic N) is 2. The lowest BCUT2D eigenvalue weighted by atomic mass is 9.78. The van der Waals surface area contributed by atoms with Crippen molar-refractivity contribution in [3.05, 3.63) is 76.1 Å². The summed E-state index contributed by atoms with van der Waals surface area (Å²) in [4.78, 5) is 62.9. The standard InChI is InChI=1S/C38H44N2O11/c1-16-11-10-12-17(2)37-39-15-23-28(40-37)33(46)26-25(32(23)45)27-35(21(6)31(26)44)51-38(8,36(27)47)49-14-13-24(48-9)18(3)34(50-22(7)41)20(5)30(43)19(4)29(16)42/h10-16,18-20,24,29-30,34,42-44H,1-9H3/t16-,18+,19-,20-,24+,29-,30-,34+,38-/m0/s1. The molecule has 0 radical (unpaired) electrons. The molecule has 13 heteroatoms. The van der Waals surface area contributed by atoms with E-state index in [0.29, 0.717) is 5.57 Å². The monoisotopic (exact) mass is 704 g/mol. The number of benzene rings is 1. The molecule has 1 aromatic heterocycles. The zero-order chi connectivity index (χ0) is 37.7. The first-order chi connectivity index (χ1) is 23.9. The minimum Gasteiger partial charge on any atom is -0.507 e. The number of Topliss-reactive ketones (excluding diaryl/α,β-unsaturated/α-hetero) is 1. The molecule has 0 spiro atoms. The van der Waals surface area contributed by atoms with Crippen LogP contribution in [0.4, 0.5) is 0 Å². The summed E-state index contributed by atoms with van der Waals surface area (Å²) in [6.07, 6.45) is 5.28. The maximum Gasteiger partial charge on any atom is 0.312 e. The van der Waals surface area contributed by atoms with Gasteiger partial charge in [-0.25, -0.2) is 9.97 Å². The number of aromatic nitrogens is 2. The summed E-state index contributed by atoms with van der Waals surface area (Å²) in [5.74, 6) is -7.61. The maximum absolute atomic E-state index is 14.0. The molecule has 6 rings (SSSR count). The second kappa shape index (κ2) is 14.1. The summed E-state index contributed by atoms with van der Waals surface area (Å²) in [7, 11) is 1.43. The van der Waals surface area contributed by atoms with Crippen molar-refractivity contribution in [2.75, 3.05) is 7.11 Å². The van der Waals surface area contributed by atoms with E-state index in [2.05, 4.69) is 9.97 Å². The van der Waals surface area contributed by atoms with E-state index >= 15 is 0 Å². The summed E-state index contributed by atoms with van der Waals surface area (Å²) in [5.41, 5.74) is -0.667. The molecule has 0 saturated heterocycles. The van der Waals surface area contributed by atoms with Gasteiger partial charge < -0.3 is 34.3 Å². The van der Waals surface area contributed by atoms with Crippen molar-refractivity contribution in [3.8, 4) is 11.5 Å². The van der Waals surface area contributed by atoms with Gasteiger partial charge in [-0.2, -0.15) is 0 Å². The molecule has 3 aliphatic heterocycles. The summed E-state index contributed by atoms with van der Waals surface area (Å²) < 4.78 is 23.3. The van der Waals surface area contributed by atoms with Gasteiger partial charge in [-0.3, -0.25) is 19.2 Å². The molecule has 0 unspecified atom stereocenters. The number of carbonyl (C=O) groups is 4. The van der Waals surface area contributed by atoms with E-state index in [4.69, 9.17) is 18.9 Å². The summed E-state index contributed by atoms with van der Waals surface area (Å²) in [5, 5.41) is 33.9. The van der Waals surface area contributed by atoms with Crippen LogP contribution in [0.3, 0.4) is 0 Å². The fourth-order valence-corrected chi connectivity index (χ4v) is 7.05. The molecule has 9 atom stereocenters. The largest absolute Gasteiger partial charge is 0.507 e. The third-order valence-electron chi connectivity index (χ3n) is 10.3. The fourth-order valence-electron chi connectivity index (χ4n) is 7.05. The van der Waals surface area contributed by atoms with Crippen LogP contribution in [0.15, 0.2) is 36.8 Å². The van der Waals surface area contributed by atoms with Gasteiger partial charge in [0.15, 0.2) is 11.6 Å². The molecule has 272 valence electrons. The number of allylic oxidation sites excluding steroid dienone is 3. The highest BCUT2D eigenvalue weighted by Crippen LogP contribution is 2.48. The van der Waals surface area contributed by atoms with Crippen LogP contribution in [-0.4, -0.2) is 85.9 Å². The lowest BCUT2D eigenvalue weighted by molar-refractivity contribution is -0.160. The molecule has 2 aromatic rings. The van der Waals surface area contributed by atoms with E-state index in [9.17, 15) is 34.5 Å². The van der Waals surface area contributed by atoms with Crippen molar-refractivity contribution < 1.29 is 53.4 Å². The third kappa shape index (κ3) is 6.49. The number of carbonyl (C=O) groups excluding carboxylic acids is 4. The van der Waals surface area contributed by atoms with E-state index in [1.807, 2.05) is 0 Å². The minimum atomic E-state index is -2.01. The zero-order valence-electron chi connectivity index (χ0n) is 30.1. The molecule has 1 aliphatic carbocycles. The Morgan fingerprint density at radius 3 is 2.27 bits per heavy atom. The molecule has 0 saturated carbocycles. The first kappa shape index (κ1) is 37.5. The Hall–Kier alpha value is -4.72. The Morgan fingerprint density at radius 1 is 0.941 bits per heavy atom. The predicted octanol–water partition coefficient (Wildman–Crippen LogP) is 4.27. The number of esters is 1. The number of aliphatic hydroxyl groups is 2. The number of ketones is 3. The Balaban J connectivity index is 1.65. The van der Waals surface area contributed by atoms with Crippen LogP contribution in [0, 0.1) is 30.6 Å². The molecule has 4 heterocycles. The minimum absolute atomic E-state index is 0.0599. The van der Waals surface area contributed by atoms with Crippen molar-refractivity contribution in [3.63, 3.8) is 0 Å². The molecule has 0 fully saturated rings. The first-order valence-corrected chi connectivity index (χ1v) is 16.8. The number of hydrogen-bond acceptors (Lipinski definition) is 13. The lowest BCUT2D eigenvalue weighted by Crippen LogP contribution is -2.46. The molecule has 0 amide bonds. The second-order valence-electron chi connectivity index (χ2n) is 13.8. The average molecular weight is 705 g/mol. The number of aliphatic hydroxyl groups excluding tert-OH is 2. The molecule has 13 nitrogen and oxygen atoms in total. The van der Waals surface area contributed by atoms with Gasteiger partial charge in [0.1, 0.15) is 23.3 Å². The number of aromatic hydroxyl groups is 1. The average Bonchev–Trinajstić information content (AvgIpc) is 3.36. The topological polar surface area (TPSA) is 192 Å². The molecular formula is C38H44N2O11. The van der Waals surface area contributed by atoms with Crippen LogP contribution in [0.1, 0.15) is 102 Å². The van der Waals surface area contributed by atoms with Crippen LogP contribution < -0.4 is 4.74 Å². The van der Waals surface area contributed by atoms with Crippen LogP contribution in [0.5, 0.6) is 11.5 Å². The molecule has 7 bridgehead atoms. The van der Waals surface area contributed by atoms with Crippen molar-refractivity contribution in [1.29, 1.82) is 0 Å². The highest BCUT2D eigenvalue weighted by atomic mass is 16.7. The molecule has 3 N–H and O–H groups in total. The summed E-state index contributed by atoms with van der Waals surface area (Å²) in [6, 6.07) is 0. The number of phenols is 1. The van der Waals surface area contributed by atoms with E-state index in [0.717, 1.165) is 0 Å². The van der Waals surface area contributed by atoms with E-state index < -0.39 is 82.9 Å². The van der Waals surface area contributed by atoms with Crippen LogP contribution in [0.25, 0.3) is 5.57 Å². The van der Waals surface area contributed by atoms with Gasteiger partial charge in [-0.05, 0) is 25.5 Å². The maximum atomic E-state index is 14.0. The zero-order valence-corrected chi connectivity index (χ0v) is 30.1. The van der Waals surface area contributed by atoms with Crippen molar-refractivity contribution in [2.24, 2.45) is 23.7 Å². The van der Waals surface area contributed by atoms with Gasteiger partial charge in [0.25, 0.3) is 5.78 Å². The second-order valence-corrected chi connectivity index (χ2v) is 13.8. The first-order valence-electron chi connectivity index (χ1n) is 16.8. The van der Waals surface area contributed by atoms with Crippen molar-refractivity contribution in [2.45, 2.75) is 85.6 Å². The predicted molar refractivity (Wildman–Crippen MR) is 183 cm³/mol. The number of hydrogen-bond donors (Lipinski definition) is 3. The van der Waals surface area contributed by atoms with Crippen molar-refractivity contribution in [1.82, 2.24) is 9.97 Å². The lowest BCUT2D eigenvalue weighted by Gasteiger charge is -2.38. The van der Waals surface area contributed by atoms with E-state index in [1.165, 1.54) is 46.4 Å². The van der Waals surface area contributed by atoms with Gasteiger partial charge in [0.2, 0.25) is 5.78 Å². The van der Waals surface area contributed by atoms with Crippen LogP contribution in [-0.2, 0) is 19.0 Å². The smallest absolute Gasteiger partial charge is 0.312 e. The number of ether oxygens (including phenoxy) is 4. The summed E-state index contributed by atoms with van der Waals surface area (Å²) >= 11 is 0. The molecule has 51 heavy (non-hydrogen) atoms. The number of fused-ring (bicyclic) bond motifs is 12. The Labute approximate surface area is 296 Å². The highest BCUT2D eigenvalue weighted by molar-refractivity contribution is 6.32. The van der Waals surface area contributed by atoms with Gasteiger partial charge in [0, 0.05) is 56.4 Å². The van der Waals surface area contributed by atoms with Gasteiger partial charge in [0.05, 0.1) is 46.8 Å². The fraction of sp³-hybridized carbons (Fsp3) is 0.474. The Morgan fingerprint density at radius 2 is 1.63 bits per heavy atom. The van der Waals surface area contributed by atoms with Crippen molar-refractivity contribution >= 4 is 28.9 Å². The highest BCUT2D eigenvalue weighted by Gasteiger charge is 2.52. The number of phenolic OH excluding ortho intramolecular Hbond substituents is 1. The van der Waals surface area contributed by atoms with Gasteiger partial charge in [-0.1, -0.05) is 45.9 Å². The van der Waals surface area contributed by atoms with Gasteiger partial charge in [-0.15, -0.1) is 0 Å². The Bertz CT molecular complexity index is 1880. The molecular weight excluding hydrogens is 660 g/mol. The van der Waals surface area contributed by atoms with Crippen LogP contribution in [0.2, 0.25) is 0 Å². The third-order valence-corrected chi connectivity index (χ3v) is 10.3. The molecule has 1 aromatic carbocycles. The van der Waals surface area contributed by atoms with E-state index in [1.54, 1.807) is 52.8 Å². The Kier molecular flexibility index (Phi) is 10.4. The van der Waals surface area contributed by atoms with Gasteiger partial charge >= 0.3 is 11.8 Å². The number of rotatable bonds is 2. The molecule has 4 aliphatic rings. The van der Waals surface area contributed by atoms with Crippen LogP contribution >= 0.6 is 0 Å². The quantitative estimate of drug-likeness (QED) is 0.321. The summed E-state index contributed by atoms with van der Waals surface area (Å²) in [6.45, 7) is 12.8. The van der Waals surface area contributed by atoms with E-state index in [-0.39, 0.29) is 45.1 Å². The normalized spacial score (nSPS) is 31.0. The SMILES string of the molecule is CO[C@@H]1C=CO[C@@]2(C)Oc3c(C)c(O)c4c(c3C2=O)C(=O)c2cnc(nc2C4=O)C(C)=CC=C[C@H](C)[C@H](O)[C@H](C)[C@H](O)[C@H](C)[C@H](OC(C)=O)[C@@H]1C. The number of methoxy groups -OCH3 is 1.